The summed E-state index contributed by atoms with van der Waals surface area (Å²) < 4.78 is 11.4. The van der Waals surface area contributed by atoms with Crippen molar-refractivity contribution in [1.29, 1.82) is 0 Å². The topological polar surface area (TPSA) is 59.9 Å². The van der Waals surface area contributed by atoms with E-state index in [4.69, 9.17) is 32.7 Å². The molecule has 5 nitrogen and oxygen atoms in total. The van der Waals surface area contributed by atoms with E-state index in [1.165, 1.54) is 6.21 Å². The van der Waals surface area contributed by atoms with Crippen LogP contribution < -0.4 is 14.9 Å². The molecule has 0 fully saturated rings. The number of halogens is 3. The minimum Gasteiger partial charge on any atom is -0.454 e. The Hall–Kier alpha value is -1.51. The first-order valence-corrected chi connectivity index (χ1v) is 8.25. The van der Waals surface area contributed by atoms with Crippen LogP contribution in [0.3, 0.4) is 0 Å². The van der Waals surface area contributed by atoms with Crippen LogP contribution in [-0.4, -0.2) is 18.9 Å². The Bertz CT molecular complexity index is 812. The lowest BCUT2D eigenvalue weighted by Crippen LogP contribution is -2.18. The van der Waals surface area contributed by atoms with Crippen LogP contribution in [0.2, 0.25) is 10.0 Å². The third kappa shape index (κ3) is 3.70. The van der Waals surface area contributed by atoms with E-state index in [1.54, 1.807) is 24.3 Å². The van der Waals surface area contributed by atoms with Crippen LogP contribution in [0, 0.1) is 3.57 Å². The standard InChI is InChI=1S/C15H9Cl2IN2O3/c16-11-2-1-9(18)4-10(11)15(21)20-19-6-8-3-13-14(5-12(8)17)23-7-22-13/h1-6H,7H2,(H,20,21). The zero-order valence-corrected chi connectivity index (χ0v) is 15.1. The smallest absolute Gasteiger partial charge is 0.272 e. The van der Waals surface area contributed by atoms with Crippen molar-refractivity contribution < 1.29 is 14.3 Å². The normalized spacial score (nSPS) is 12.7. The quantitative estimate of drug-likeness (QED) is 0.424. The Kier molecular flexibility index (Phi) is 4.93. The number of amides is 1. The molecule has 2 aromatic carbocycles. The maximum Gasteiger partial charge on any atom is 0.272 e. The van der Waals surface area contributed by atoms with E-state index in [1.807, 2.05) is 6.07 Å². The van der Waals surface area contributed by atoms with Gasteiger partial charge in [0.2, 0.25) is 6.79 Å². The SMILES string of the molecule is O=C(NN=Cc1cc2c(cc1Cl)OCO2)c1cc(I)ccc1Cl. The number of ether oxygens (including phenoxy) is 2. The number of carbonyl (C=O) groups excluding carboxylic acids is 1. The van der Waals surface area contributed by atoms with Gasteiger partial charge in [0.25, 0.3) is 5.91 Å². The summed E-state index contributed by atoms with van der Waals surface area (Å²) >= 11 is 14.2. The van der Waals surface area contributed by atoms with Gasteiger partial charge in [-0.1, -0.05) is 23.2 Å². The highest BCUT2D eigenvalue weighted by Crippen LogP contribution is 2.36. The first-order chi connectivity index (χ1) is 11.0. The van der Waals surface area contributed by atoms with E-state index < -0.39 is 5.91 Å². The predicted octanol–water partition coefficient (Wildman–Crippen LogP) is 4.09. The van der Waals surface area contributed by atoms with E-state index >= 15 is 0 Å². The molecule has 118 valence electrons. The summed E-state index contributed by atoms with van der Waals surface area (Å²) in [6.07, 6.45) is 1.43. The second-order valence-electron chi connectivity index (χ2n) is 4.55. The average Bonchev–Trinajstić information content (AvgIpc) is 2.96. The minimum absolute atomic E-state index is 0.161. The Morgan fingerprint density at radius 3 is 2.70 bits per heavy atom. The van der Waals surface area contributed by atoms with E-state index in [0.29, 0.717) is 32.7 Å². The Morgan fingerprint density at radius 2 is 1.91 bits per heavy atom. The molecule has 2 aromatic rings. The predicted molar refractivity (Wildman–Crippen MR) is 96.8 cm³/mol. The van der Waals surface area contributed by atoms with Crippen LogP contribution >= 0.6 is 45.8 Å². The van der Waals surface area contributed by atoms with Crippen molar-refractivity contribution >= 4 is 57.9 Å². The number of nitrogens with zero attached hydrogens (tertiary/aromatic N) is 1. The molecular formula is C15H9Cl2IN2O3. The molecule has 3 rings (SSSR count). The van der Waals surface area contributed by atoms with Crippen LogP contribution in [-0.2, 0) is 0 Å². The fourth-order valence-electron chi connectivity index (χ4n) is 1.92. The van der Waals surface area contributed by atoms with Gasteiger partial charge in [-0.2, -0.15) is 5.10 Å². The van der Waals surface area contributed by atoms with Crippen molar-refractivity contribution in [2.24, 2.45) is 5.10 Å². The van der Waals surface area contributed by atoms with Crippen molar-refractivity contribution in [2.75, 3.05) is 6.79 Å². The first-order valence-electron chi connectivity index (χ1n) is 6.42. The van der Waals surface area contributed by atoms with Gasteiger partial charge in [-0.15, -0.1) is 0 Å². The van der Waals surface area contributed by atoms with Crippen molar-refractivity contribution in [2.45, 2.75) is 0 Å². The molecule has 1 amide bonds. The number of hydrazone groups is 1. The van der Waals surface area contributed by atoms with Crippen LogP contribution in [0.1, 0.15) is 15.9 Å². The molecule has 0 saturated carbocycles. The van der Waals surface area contributed by atoms with Gasteiger partial charge in [-0.25, -0.2) is 5.43 Å². The molecule has 8 heteroatoms. The minimum atomic E-state index is -0.401. The molecule has 0 aliphatic carbocycles. The fraction of sp³-hybridized carbons (Fsp3) is 0.0667. The number of benzene rings is 2. The molecule has 0 spiro atoms. The van der Waals surface area contributed by atoms with Crippen LogP contribution in [0.25, 0.3) is 0 Å². The van der Waals surface area contributed by atoms with Gasteiger partial charge in [0.1, 0.15) is 0 Å². The highest BCUT2D eigenvalue weighted by molar-refractivity contribution is 14.1. The van der Waals surface area contributed by atoms with Gasteiger partial charge in [0.15, 0.2) is 11.5 Å². The molecule has 0 bridgehead atoms. The molecule has 0 unspecified atom stereocenters. The number of hydrogen-bond acceptors (Lipinski definition) is 4. The molecule has 1 heterocycles. The van der Waals surface area contributed by atoms with Gasteiger partial charge in [0.05, 0.1) is 21.8 Å². The van der Waals surface area contributed by atoms with Crippen molar-refractivity contribution in [3.8, 4) is 11.5 Å². The average molecular weight is 463 g/mol. The Balaban J connectivity index is 1.74. The molecule has 1 N–H and O–H groups in total. The number of hydrogen-bond donors (Lipinski definition) is 1. The van der Waals surface area contributed by atoms with Gasteiger partial charge < -0.3 is 9.47 Å². The summed E-state index contributed by atoms with van der Waals surface area (Å²) in [5.41, 5.74) is 3.38. The Labute approximate surface area is 155 Å². The molecule has 1 aliphatic heterocycles. The van der Waals surface area contributed by atoms with E-state index in [0.717, 1.165) is 3.57 Å². The highest BCUT2D eigenvalue weighted by Gasteiger charge is 2.16. The van der Waals surface area contributed by atoms with Gasteiger partial charge in [0, 0.05) is 15.2 Å². The van der Waals surface area contributed by atoms with Crippen molar-refractivity contribution in [1.82, 2.24) is 5.43 Å². The number of carbonyl (C=O) groups is 1. The number of rotatable bonds is 3. The third-order valence-electron chi connectivity index (χ3n) is 3.03. The lowest BCUT2D eigenvalue weighted by molar-refractivity contribution is 0.0955. The van der Waals surface area contributed by atoms with Gasteiger partial charge in [-0.3, -0.25) is 4.79 Å². The maximum atomic E-state index is 12.1. The second kappa shape index (κ2) is 6.94. The molecule has 23 heavy (non-hydrogen) atoms. The fourth-order valence-corrected chi connectivity index (χ4v) is 2.82. The lowest BCUT2D eigenvalue weighted by atomic mass is 10.2. The van der Waals surface area contributed by atoms with E-state index in [-0.39, 0.29) is 6.79 Å². The lowest BCUT2D eigenvalue weighted by Gasteiger charge is -2.04. The number of fused-ring (bicyclic) bond motifs is 1. The molecule has 0 radical (unpaired) electrons. The monoisotopic (exact) mass is 462 g/mol. The summed E-state index contributed by atoms with van der Waals surface area (Å²) in [5.74, 6) is 0.770. The molecule has 0 saturated heterocycles. The summed E-state index contributed by atoms with van der Waals surface area (Å²) in [7, 11) is 0. The molecular weight excluding hydrogens is 454 g/mol. The summed E-state index contributed by atoms with van der Waals surface area (Å²) in [6.45, 7) is 0.161. The largest absolute Gasteiger partial charge is 0.454 e. The van der Waals surface area contributed by atoms with Crippen LogP contribution in [0.4, 0.5) is 0 Å². The van der Waals surface area contributed by atoms with Gasteiger partial charge in [-0.05, 0) is 46.9 Å². The summed E-state index contributed by atoms with van der Waals surface area (Å²) in [4.78, 5) is 12.1. The molecule has 1 aliphatic rings. The zero-order valence-electron chi connectivity index (χ0n) is 11.5. The molecule has 0 atom stereocenters. The van der Waals surface area contributed by atoms with Crippen LogP contribution in [0.15, 0.2) is 35.4 Å². The summed E-state index contributed by atoms with van der Waals surface area (Å²) in [6, 6.07) is 8.50. The van der Waals surface area contributed by atoms with E-state index in [2.05, 4.69) is 33.1 Å². The summed E-state index contributed by atoms with van der Waals surface area (Å²) in [5, 5.41) is 4.71. The number of nitrogens with one attached hydrogen (secondary N) is 1. The third-order valence-corrected chi connectivity index (χ3v) is 4.36. The second-order valence-corrected chi connectivity index (χ2v) is 6.61. The van der Waals surface area contributed by atoms with E-state index in [9.17, 15) is 4.79 Å². The first kappa shape index (κ1) is 16.4. The zero-order chi connectivity index (χ0) is 16.4. The van der Waals surface area contributed by atoms with Crippen molar-refractivity contribution in [3.63, 3.8) is 0 Å². The maximum absolute atomic E-state index is 12.1. The highest BCUT2D eigenvalue weighted by atomic mass is 127. The van der Waals surface area contributed by atoms with Crippen molar-refractivity contribution in [3.05, 3.63) is 55.1 Å². The molecule has 0 aromatic heterocycles. The van der Waals surface area contributed by atoms with Crippen LogP contribution in [0.5, 0.6) is 11.5 Å². The van der Waals surface area contributed by atoms with Gasteiger partial charge >= 0.3 is 0 Å². The Morgan fingerprint density at radius 1 is 1.17 bits per heavy atom.